The predicted octanol–water partition coefficient (Wildman–Crippen LogP) is -2.91. The topological polar surface area (TPSA) is 231 Å². The highest BCUT2D eigenvalue weighted by Gasteiger charge is 2.57. The van der Waals surface area contributed by atoms with Gasteiger partial charge in [0.05, 0.1) is 24.2 Å². The molecule has 196 valence electrons. The highest BCUT2D eigenvalue weighted by atomic mass is 16.7. The lowest BCUT2D eigenvalue weighted by Gasteiger charge is -2.47. The second kappa shape index (κ2) is 11.1. The third kappa shape index (κ3) is 5.85. The number of aliphatic hydroxyl groups excluding tert-OH is 5. The van der Waals surface area contributed by atoms with Crippen molar-refractivity contribution in [2.24, 2.45) is 0 Å². The Morgan fingerprint density at radius 3 is 2.51 bits per heavy atom. The molecule has 9 atom stereocenters. The maximum Gasteiger partial charge on any atom is 0.311 e. The normalized spacial score (nSPS) is 37.5. The number of hydrogen-bond acceptors (Lipinski definition) is 13. The molecule has 2 aliphatic heterocycles. The molecule has 2 saturated heterocycles. The number of para-hydroxylation sites is 2. The Morgan fingerprint density at radius 1 is 1.20 bits per heavy atom. The van der Waals surface area contributed by atoms with E-state index in [0.29, 0.717) is 0 Å². The number of nitrogens with zero attached hydrogens (tertiary/aromatic N) is 1. The van der Waals surface area contributed by atoms with Crippen LogP contribution in [0.5, 0.6) is 5.75 Å². The zero-order valence-electron chi connectivity index (χ0n) is 18.5. The van der Waals surface area contributed by atoms with Crippen molar-refractivity contribution in [2.75, 3.05) is 13.2 Å². The molecule has 0 aromatic heterocycles. The van der Waals surface area contributed by atoms with Crippen LogP contribution >= 0.6 is 0 Å². The van der Waals surface area contributed by atoms with E-state index >= 15 is 0 Å². The van der Waals surface area contributed by atoms with Gasteiger partial charge in [-0.15, -0.1) is 0 Å². The summed E-state index contributed by atoms with van der Waals surface area (Å²) in [6.45, 7) is -0.0857. The Kier molecular flexibility index (Phi) is 8.58. The standard InChI is InChI=1S/C20H28N2O13/c1-9(24)21-20(29)18(28)17(27)14(8-32-15-6-11(25)16(26)13(7-23)33-15)35-19(20)34-12-5-3-2-4-10(12)22(30)31/h2-5,11,13-19,23,25-29H,6-8H2,1H3,(H,21,24)/t11-,13-,14-,15-,16-,17+,18+,19+,20-/m1/s1. The Morgan fingerprint density at radius 2 is 1.89 bits per heavy atom. The van der Waals surface area contributed by atoms with Crippen LogP contribution in [0.1, 0.15) is 13.3 Å². The molecule has 0 unspecified atom stereocenters. The van der Waals surface area contributed by atoms with Crippen molar-refractivity contribution in [1.29, 1.82) is 0 Å². The highest BCUT2D eigenvalue weighted by Crippen LogP contribution is 2.34. The van der Waals surface area contributed by atoms with Crippen LogP contribution in [0.15, 0.2) is 24.3 Å². The van der Waals surface area contributed by atoms with E-state index < -0.39 is 84.7 Å². The molecule has 15 heteroatoms. The Labute approximate surface area is 198 Å². The SMILES string of the molecule is CC(=O)N[C@]1(O)[C@@H](Oc2ccccc2[N+](=O)[O-])O[C@H](CO[C@H]2C[C@@H](O)[C@@H](O)[C@@H](CO)O2)[C@H](O)[C@@H]1O. The summed E-state index contributed by atoms with van der Waals surface area (Å²) in [5.41, 5.74) is -3.21. The first-order valence-corrected chi connectivity index (χ1v) is 10.6. The number of amides is 1. The van der Waals surface area contributed by atoms with E-state index in [1.54, 1.807) is 0 Å². The molecular formula is C20H28N2O13. The molecular weight excluding hydrogens is 476 g/mol. The molecule has 7 N–H and O–H groups in total. The van der Waals surface area contributed by atoms with Gasteiger partial charge in [-0.05, 0) is 6.07 Å². The first kappa shape index (κ1) is 27.1. The number of ether oxygens (including phenoxy) is 4. The maximum atomic E-state index is 11.7. The lowest BCUT2D eigenvalue weighted by atomic mass is 9.93. The van der Waals surface area contributed by atoms with Gasteiger partial charge in [-0.1, -0.05) is 12.1 Å². The molecule has 0 spiro atoms. The van der Waals surface area contributed by atoms with Crippen molar-refractivity contribution in [3.63, 3.8) is 0 Å². The van der Waals surface area contributed by atoms with Gasteiger partial charge in [0.25, 0.3) is 6.29 Å². The lowest BCUT2D eigenvalue weighted by Crippen LogP contribution is -2.74. The van der Waals surface area contributed by atoms with E-state index in [0.717, 1.165) is 13.0 Å². The second-order valence-electron chi connectivity index (χ2n) is 8.20. The fourth-order valence-electron chi connectivity index (χ4n) is 3.82. The second-order valence-corrected chi connectivity index (χ2v) is 8.20. The van der Waals surface area contributed by atoms with Crippen molar-refractivity contribution in [3.8, 4) is 5.75 Å². The van der Waals surface area contributed by atoms with Crippen LogP contribution < -0.4 is 10.1 Å². The minimum absolute atomic E-state index is 0.186. The molecule has 1 aromatic rings. The summed E-state index contributed by atoms with van der Waals surface area (Å²) in [5, 5.41) is 74.5. The van der Waals surface area contributed by atoms with Crippen LogP contribution in [0.25, 0.3) is 0 Å². The number of benzene rings is 1. The monoisotopic (exact) mass is 504 g/mol. The zero-order chi connectivity index (χ0) is 25.9. The lowest BCUT2D eigenvalue weighted by molar-refractivity contribution is -0.388. The van der Waals surface area contributed by atoms with Crippen LogP contribution in [0.3, 0.4) is 0 Å². The molecule has 0 saturated carbocycles. The third-order valence-electron chi connectivity index (χ3n) is 5.65. The summed E-state index contributed by atoms with van der Waals surface area (Å²) in [7, 11) is 0. The number of carbonyl (C=O) groups is 1. The predicted molar refractivity (Wildman–Crippen MR) is 111 cm³/mol. The van der Waals surface area contributed by atoms with Crippen LogP contribution in [0.2, 0.25) is 0 Å². The van der Waals surface area contributed by atoms with Gasteiger partial charge < -0.3 is 54.9 Å². The first-order chi connectivity index (χ1) is 16.5. The maximum absolute atomic E-state index is 11.7. The van der Waals surface area contributed by atoms with Gasteiger partial charge in [0, 0.05) is 19.4 Å². The molecule has 15 nitrogen and oxygen atoms in total. The van der Waals surface area contributed by atoms with Crippen LogP contribution in [0, 0.1) is 10.1 Å². The van der Waals surface area contributed by atoms with Crippen LogP contribution in [0.4, 0.5) is 5.69 Å². The van der Waals surface area contributed by atoms with Gasteiger partial charge in [-0.3, -0.25) is 14.9 Å². The minimum Gasteiger partial charge on any atom is -0.452 e. The van der Waals surface area contributed by atoms with E-state index in [4.69, 9.17) is 18.9 Å². The summed E-state index contributed by atoms with van der Waals surface area (Å²) < 4.78 is 21.8. The minimum atomic E-state index is -2.71. The number of nitro groups is 1. The molecule has 1 aromatic carbocycles. The molecule has 0 radical (unpaired) electrons. The van der Waals surface area contributed by atoms with E-state index in [2.05, 4.69) is 0 Å². The largest absolute Gasteiger partial charge is 0.452 e. The van der Waals surface area contributed by atoms with Gasteiger partial charge >= 0.3 is 5.69 Å². The molecule has 35 heavy (non-hydrogen) atoms. The molecule has 2 aliphatic rings. The van der Waals surface area contributed by atoms with Crippen molar-refractivity contribution in [3.05, 3.63) is 34.4 Å². The van der Waals surface area contributed by atoms with E-state index in [-0.39, 0.29) is 12.2 Å². The summed E-state index contributed by atoms with van der Waals surface area (Å²) in [5.74, 6) is -1.18. The average molecular weight is 504 g/mol. The summed E-state index contributed by atoms with van der Waals surface area (Å²) in [6, 6.07) is 5.11. The Balaban J connectivity index is 1.80. The molecule has 0 aliphatic carbocycles. The number of hydrogen-bond donors (Lipinski definition) is 7. The van der Waals surface area contributed by atoms with Gasteiger partial charge in [0.15, 0.2) is 6.29 Å². The molecule has 3 rings (SSSR count). The zero-order valence-corrected chi connectivity index (χ0v) is 18.5. The molecule has 1 amide bonds. The molecule has 0 bridgehead atoms. The number of rotatable bonds is 8. The quantitative estimate of drug-likeness (QED) is 0.107. The highest BCUT2D eigenvalue weighted by molar-refractivity contribution is 5.73. The van der Waals surface area contributed by atoms with Gasteiger partial charge in [0.1, 0.15) is 30.5 Å². The van der Waals surface area contributed by atoms with Gasteiger partial charge in [-0.25, -0.2) is 0 Å². The number of nitrogens with one attached hydrogen (secondary N) is 1. The number of carbonyl (C=O) groups excluding carboxylic acids is 1. The van der Waals surface area contributed by atoms with Crippen molar-refractivity contribution in [2.45, 2.75) is 68.3 Å². The third-order valence-corrected chi connectivity index (χ3v) is 5.65. The average Bonchev–Trinajstić information content (AvgIpc) is 2.80. The van der Waals surface area contributed by atoms with E-state index in [9.17, 15) is 45.5 Å². The van der Waals surface area contributed by atoms with Crippen LogP contribution in [-0.2, 0) is 19.0 Å². The van der Waals surface area contributed by atoms with Crippen molar-refractivity contribution < 1.29 is 59.3 Å². The van der Waals surface area contributed by atoms with E-state index in [1.165, 1.54) is 18.2 Å². The van der Waals surface area contributed by atoms with Crippen molar-refractivity contribution >= 4 is 11.6 Å². The summed E-state index contributed by atoms with van der Waals surface area (Å²) in [6.07, 6.45) is -12.4. The van der Waals surface area contributed by atoms with Gasteiger partial charge in [-0.2, -0.15) is 0 Å². The number of aliphatic hydroxyl groups is 6. The molecule has 2 fully saturated rings. The fraction of sp³-hybridized carbons (Fsp3) is 0.650. The molecule has 2 heterocycles. The summed E-state index contributed by atoms with van der Waals surface area (Å²) >= 11 is 0. The Bertz CT molecular complexity index is 904. The van der Waals surface area contributed by atoms with Crippen LogP contribution in [-0.4, -0.2) is 110 Å². The fourth-order valence-corrected chi connectivity index (χ4v) is 3.82. The van der Waals surface area contributed by atoms with E-state index in [1.807, 2.05) is 5.32 Å². The first-order valence-electron chi connectivity index (χ1n) is 10.6. The number of nitro benzene ring substituents is 1. The Hall–Kier alpha value is -2.47. The van der Waals surface area contributed by atoms with Gasteiger partial charge in [0.2, 0.25) is 17.4 Å². The van der Waals surface area contributed by atoms with Crippen molar-refractivity contribution in [1.82, 2.24) is 5.32 Å². The smallest absolute Gasteiger partial charge is 0.311 e. The summed E-state index contributed by atoms with van der Waals surface area (Å²) in [4.78, 5) is 22.3.